The van der Waals surface area contributed by atoms with Crippen molar-refractivity contribution in [2.75, 3.05) is 18.0 Å². The van der Waals surface area contributed by atoms with Gasteiger partial charge in [-0.2, -0.15) is 0 Å². The van der Waals surface area contributed by atoms with Crippen LogP contribution in [0.15, 0.2) is 35.2 Å². The van der Waals surface area contributed by atoms with Crippen LogP contribution in [0.2, 0.25) is 0 Å². The third-order valence-electron chi connectivity index (χ3n) is 4.86. The second-order valence-electron chi connectivity index (χ2n) is 6.34. The molecule has 4 heterocycles. The number of likely N-dealkylation sites (tertiary alicyclic amines) is 1. The van der Waals surface area contributed by atoms with Gasteiger partial charge < -0.3 is 4.90 Å². The Kier molecular flexibility index (Phi) is 4.03. The van der Waals surface area contributed by atoms with Gasteiger partial charge in [0.05, 0.1) is 5.69 Å². The van der Waals surface area contributed by atoms with Crippen LogP contribution >= 0.6 is 15.9 Å². The minimum Gasteiger partial charge on any atom is -0.335 e. The van der Waals surface area contributed by atoms with Crippen molar-refractivity contribution in [3.05, 3.63) is 46.5 Å². The Morgan fingerprint density at radius 3 is 2.52 bits per heavy atom. The van der Waals surface area contributed by atoms with Gasteiger partial charge in [0.15, 0.2) is 0 Å². The van der Waals surface area contributed by atoms with Crippen molar-refractivity contribution in [1.82, 2.24) is 19.9 Å². The van der Waals surface area contributed by atoms with Crippen LogP contribution < -0.4 is 4.90 Å². The third kappa shape index (κ3) is 2.97. The monoisotopic (exact) mass is 373 g/mol. The summed E-state index contributed by atoms with van der Waals surface area (Å²) < 4.78 is 1.03. The van der Waals surface area contributed by atoms with Crippen molar-refractivity contribution >= 4 is 21.9 Å². The summed E-state index contributed by atoms with van der Waals surface area (Å²) in [6.07, 6.45) is 7.98. The largest absolute Gasteiger partial charge is 0.335 e. The molecule has 0 saturated carbocycles. The van der Waals surface area contributed by atoms with Gasteiger partial charge in [-0.3, -0.25) is 9.88 Å². The molecule has 2 saturated heterocycles. The number of nitrogens with zero attached hydrogens (tertiary/aromatic N) is 5. The summed E-state index contributed by atoms with van der Waals surface area (Å²) in [5, 5.41) is 0. The molecule has 0 spiro atoms. The van der Waals surface area contributed by atoms with E-state index < -0.39 is 0 Å². The van der Waals surface area contributed by atoms with Gasteiger partial charge in [-0.05, 0) is 46.5 Å². The van der Waals surface area contributed by atoms with Gasteiger partial charge >= 0.3 is 0 Å². The lowest BCUT2D eigenvalue weighted by atomic mass is 10.2. The van der Waals surface area contributed by atoms with Gasteiger partial charge in [0.25, 0.3) is 0 Å². The molecule has 6 heteroatoms. The zero-order chi connectivity index (χ0) is 15.8. The van der Waals surface area contributed by atoms with Crippen molar-refractivity contribution in [3.63, 3.8) is 0 Å². The fourth-order valence-electron chi connectivity index (χ4n) is 3.57. The van der Waals surface area contributed by atoms with Crippen molar-refractivity contribution in [2.45, 2.75) is 38.4 Å². The van der Waals surface area contributed by atoms with Crippen LogP contribution in [0.5, 0.6) is 0 Å². The third-order valence-corrected chi connectivity index (χ3v) is 5.33. The van der Waals surface area contributed by atoms with Crippen LogP contribution in [0.4, 0.5) is 5.95 Å². The number of hydrogen-bond donors (Lipinski definition) is 0. The van der Waals surface area contributed by atoms with Crippen molar-refractivity contribution in [1.29, 1.82) is 0 Å². The first kappa shape index (κ1) is 15.0. The number of pyridine rings is 1. The van der Waals surface area contributed by atoms with Crippen LogP contribution in [0.3, 0.4) is 0 Å². The highest BCUT2D eigenvalue weighted by molar-refractivity contribution is 9.10. The predicted molar refractivity (Wildman–Crippen MR) is 93.3 cm³/mol. The second-order valence-corrected chi connectivity index (χ2v) is 7.25. The fraction of sp³-hybridized carbons (Fsp3) is 0.471. The summed E-state index contributed by atoms with van der Waals surface area (Å²) in [6, 6.07) is 5.27. The Labute approximate surface area is 144 Å². The molecule has 23 heavy (non-hydrogen) atoms. The molecule has 0 N–H and O–H groups in total. The standard InChI is InChI=1S/C17H20BrN5/c1-2-12-6-20-17(21-7-12)23-11-15-5-16(23)10-22(15)9-14-4-3-13(18)8-19-14/h3-4,6-8,15-16H,2,5,9-11H2,1H3. The normalized spacial score (nSPS) is 23.7. The van der Waals surface area contributed by atoms with E-state index in [-0.39, 0.29) is 0 Å². The first-order valence-corrected chi connectivity index (χ1v) is 8.94. The molecule has 2 aromatic heterocycles. The number of rotatable bonds is 4. The van der Waals surface area contributed by atoms with Crippen LogP contribution in [0, 0.1) is 0 Å². The van der Waals surface area contributed by atoms with E-state index in [0.717, 1.165) is 42.2 Å². The van der Waals surface area contributed by atoms with E-state index in [0.29, 0.717) is 12.1 Å². The van der Waals surface area contributed by atoms with E-state index in [2.05, 4.69) is 59.7 Å². The van der Waals surface area contributed by atoms with Crippen molar-refractivity contribution in [2.24, 2.45) is 0 Å². The molecule has 0 radical (unpaired) electrons. The van der Waals surface area contributed by atoms with Crippen LogP contribution in [0.25, 0.3) is 0 Å². The Morgan fingerprint density at radius 2 is 1.91 bits per heavy atom. The quantitative estimate of drug-likeness (QED) is 0.824. The minimum absolute atomic E-state index is 0.530. The smallest absolute Gasteiger partial charge is 0.225 e. The molecule has 2 atom stereocenters. The molecule has 0 aliphatic carbocycles. The lowest BCUT2D eigenvalue weighted by Crippen LogP contribution is -2.46. The zero-order valence-corrected chi connectivity index (χ0v) is 14.8. The molecule has 2 aliphatic heterocycles. The maximum atomic E-state index is 4.55. The van der Waals surface area contributed by atoms with Crippen LogP contribution in [-0.2, 0) is 13.0 Å². The first-order valence-electron chi connectivity index (χ1n) is 8.15. The topological polar surface area (TPSA) is 45.2 Å². The van der Waals surface area contributed by atoms with Gasteiger partial charge in [-0.15, -0.1) is 0 Å². The number of piperazine rings is 1. The zero-order valence-electron chi connectivity index (χ0n) is 13.2. The fourth-order valence-corrected chi connectivity index (χ4v) is 3.81. The summed E-state index contributed by atoms with van der Waals surface area (Å²) in [5.74, 6) is 0.885. The Balaban J connectivity index is 1.42. The molecule has 2 aliphatic rings. The Bertz CT molecular complexity index is 672. The summed E-state index contributed by atoms with van der Waals surface area (Å²) in [7, 11) is 0. The highest BCUT2D eigenvalue weighted by Crippen LogP contribution is 2.33. The van der Waals surface area contributed by atoms with Crippen molar-refractivity contribution < 1.29 is 0 Å². The van der Waals surface area contributed by atoms with Crippen molar-refractivity contribution in [3.8, 4) is 0 Å². The van der Waals surface area contributed by atoms with Gasteiger partial charge in [0, 0.05) is 54.8 Å². The Morgan fingerprint density at radius 1 is 1.09 bits per heavy atom. The summed E-state index contributed by atoms with van der Waals surface area (Å²) in [4.78, 5) is 18.5. The van der Waals surface area contributed by atoms with Crippen LogP contribution in [-0.4, -0.2) is 45.0 Å². The lowest BCUT2D eigenvalue weighted by molar-refractivity contribution is 0.227. The van der Waals surface area contributed by atoms with E-state index >= 15 is 0 Å². The molecule has 0 amide bonds. The van der Waals surface area contributed by atoms with E-state index in [1.807, 2.05) is 18.6 Å². The molecule has 5 nitrogen and oxygen atoms in total. The number of aromatic nitrogens is 3. The molecule has 2 aromatic rings. The molecule has 120 valence electrons. The average molecular weight is 374 g/mol. The number of halogens is 1. The lowest BCUT2D eigenvalue weighted by Gasteiger charge is -2.34. The molecule has 0 aromatic carbocycles. The minimum atomic E-state index is 0.530. The molecule has 2 bridgehead atoms. The summed E-state index contributed by atoms with van der Waals surface area (Å²) in [5.41, 5.74) is 2.33. The average Bonchev–Trinajstić information content (AvgIpc) is 3.17. The summed E-state index contributed by atoms with van der Waals surface area (Å²) in [6.45, 7) is 5.15. The predicted octanol–water partition coefficient (Wildman–Crippen LogP) is 2.66. The molecular formula is C17H20BrN5. The first-order chi connectivity index (χ1) is 11.2. The van der Waals surface area contributed by atoms with Gasteiger partial charge in [0.1, 0.15) is 0 Å². The highest BCUT2D eigenvalue weighted by atomic mass is 79.9. The number of fused-ring (bicyclic) bond motifs is 2. The number of hydrogen-bond acceptors (Lipinski definition) is 5. The molecule has 2 fully saturated rings. The SMILES string of the molecule is CCc1cnc(N2CC3CC2CN3Cc2ccc(Br)cn2)nc1. The Hall–Kier alpha value is -1.53. The highest BCUT2D eigenvalue weighted by Gasteiger charge is 2.44. The number of anilines is 1. The molecule has 4 rings (SSSR count). The maximum Gasteiger partial charge on any atom is 0.225 e. The van der Waals surface area contributed by atoms with Gasteiger partial charge in [0.2, 0.25) is 5.95 Å². The van der Waals surface area contributed by atoms with E-state index in [1.54, 1.807) is 0 Å². The molecule has 2 unspecified atom stereocenters. The van der Waals surface area contributed by atoms with Crippen LogP contribution in [0.1, 0.15) is 24.6 Å². The second kappa shape index (κ2) is 6.17. The maximum absolute atomic E-state index is 4.55. The van der Waals surface area contributed by atoms with E-state index in [9.17, 15) is 0 Å². The number of aryl methyl sites for hydroxylation is 1. The van der Waals surface area contributed by atoms with Gasteiger partial charge in [-0.1, -0.05) is 6.92 Å². The molecular weight excluding hydrogens is 354 g/mol. The van der Waals surface area contributed by atoms with E-state index in [4.69, 9.17) is 0 Å². The summed E-state index contributed by atoms with van der Waals surface area (Å²) >= 11 is 3.44. The van der Waals surface area contributed by atoms with E-state index in [1.165, 1.54) is 12.0 Å². The van der Waals surface area contributed by atoms with Gasteiger partial charge in [-0.25, -0.2) is 9.97 Å².